The predicted octanol–water partition coefficient (Wildman–Crippen LogP) is 2.90. The third kappa shape index (κ3) is 4.05. The summed E-state index contributed by atoms with van der Waals surface area (Å²) >= 11 is 0. The molecule has 0 bridgehead atoms. The van der Waals surface area contributed by atoms with Gasteiger partial charge in [-0.1, -0.05) is 48.5 Å². The highest BCUT2D eigenvalue weighted by atomic mass is 32.2. The summed E-state index contributed by atoms with van der Waals surface area (Å²) in [6.45, 7) is 3.05. The van der Waals surface area contributed by atoms with Crippen LogP contribution in [0, 0.1) is 0 Å². The molecule has 7 heteroatoms. The molecule has 6 nitrogen and oxygen atoms in total. The van der Waals surface area contributed by atoms with Gasteiger partial charge in [0.05, 0.1) is 17.5 Å². The van der Waals surface area contributed by atoms with Crippen molar-refractivity contribution in [2.24, 2.45) is 0 Å². The number of benzene rings is 2. The highest BCUT2D eigenvalue weighted by Crippen LogP contribution is 2.30. The lowest BCUT2D eigenvalue weighted by atomic mass is 9.95. The average Bonchev–Trinajstić information content (AvgIpc) is 3.38. The van der Waals surface area contributed by atoms with Crippen molar-refractivity contribution in [3.8, 4) is 0 Å². The van der Waals surface area contributed by atoms with Gasteiger partial charge in [-0.2, -0.15) is 0 Å². The Morgan fingerprint density at radius 2 is 1.68 bits per heavy atom. The number of nitrogens with zero attached hydrogens (tertiary/aromatic N) is 2. The van der Waals surface area contributed by atoms with E-state index in [2.05, 4.69) is 14.8 Å². The monoisotopic (exact) mass is 437 g/mol. The van der Waals surface area contributed by atoms with Gasteiger partial charge in [-0.15, -0.1) is 0 Å². The number of para-hydroxylation sites is 1. The molecular formula is C24H27N3O3S. The maximum absolute atomic E-state index is 13.8. The number of aromatic nitrogens is 1. The number of aromatic amines is 1. The van der Waals surface area contributed by atoms with Crippen molar-refractivity contribution in [1.29, 1.82) is 0 Å². The molecule has 3 heterocycles. The van der Waals surface area contributed by atoms with Crippen LogP contribution in [0.4, 0.5) is 0 Å². The normalized spacial score (nSPS) is 23.2. The summed E-state index contributed by atoms with van der Waals surface area (Å²) in [5, 5.41) is 0.947. The van der Waals surface area contributed by atoms with Gasteiger partial charge in [0, 0.05) is 54.9 Å². The average molecular weight is 438 g/mol. The second-order valence-electron chi connectivity index (χ2n) is 8.55. The Hall–Kier alpha value is -2.48. The van der Waals surface area contributed by atoms with Crippen LogP contribution in [0.3, 0.4) is 0 Å². The number of hydrogen-bond acceptors (Lipinski definition) is 5. The fourth-order valence-electron chi connectivity index (χ4n) is 5.01. The van der Waals surface area contributed by atoms with E-state index in [1.165, 1.54) is 0 Å². The summed E-state index contributed by atoms with van der Waals surface area (Å²) in [6, 6.07) is 17.6. The number of H-pyrrole nitrogens is 1. The zero-order valence-corrected chi connectivity index (χ0v) is 18.2. The summed E-state index contributed by atoms with van der Waals surface area (Å²) in [7, 11) is -2.89. The summed E-state index contributed by atoms with van der Waals surface area (Å²) in [5.41, 5.74) is 2.67. The molecule has 0 spiro atoms. The Morgan fingerprint density at radius 3 is 2.39 bits per heavy atom. The van der Waals surface area contributed by atoms with Gasteiger partial charge in [0.2, 0.25) is 0 Å². The Balaban J connectivity index is 1.40. The van der Waals surface area contributed by atoms with E-state index in [1.807, 2.05) is 60.8 Å². The van der Waals surface area contributed by atoms with Gasteiger partial charge < -0.3 is 4.98 Å². The zero-order valence-electron chi connectivity index (χ0n) is 17.4. The van der Waals surface area contributed by atoms with Crippen molar-refractivity contribution < 1.29 is 13.2 Å². The first-order valence-corrected chi connectivity index (χ1v) is 12.7. The van der Waals surface area contributed by atoms with Crippen LogP contribution in [-0.2, 0) is 9.84 Å². The third-order valence-corrected chi connectivity index (χ3v) is 8.41. The molecule has 0 radical (unpaired) electrons. The van der Waals surface area contributed by atoms with Gasteiger partial charge in [-0.3, -0.25) is 14.6 Å². The van der Waals surface area contributed by atoms with Crippen molar-refractivity contribution in [2.45, 2.75) is 18.5 Å². The molecule has 2 fully saturated rings. The summed E-state index contributed by atoms with van der Waals surface area (Å²) in [6.07, 6.45) is 2.54. The first-order chi connectivity index (χ1) is 15.0. The van der Waals surface area contributed by atoms with Crippen LogP contribution in [-0.4, -0.2) is 72.7 Å². The van der Waals surface area contributed by atoms with Gasteiger partial charge in [0.15, 0.2) is 15.6 Å². The van der Waals surface area contributed by atoms with Crippen LogP contribution in [0.25, 0.3) is 10.9 Å². The molecule has 31 heavy (non-hydrogen) atoms. The number of nitrogens with one attached hydrogen (secondary N) is 1. The molecule has 2 aromatic carbocycles. The molecule has 0 amide bonds. The summed E-state index contributed by atoms with van der Waals surface area (Å²) in [5.74, 6) is 0.660. The second-order valence-corrected chi connectivity index (χ2v) is 10.8. The molecular weight excluding hydrogens is 410 g/mol. The molecule has 3 aromatic rings. The lowest BCUT2D eigenvalue weighted by Crippen LogP contribution is -2.52. The maximum atomic E-state index is 13.8. The van der Waals surface area contributed by atoms with Gasteiger partial charge in [0.25, 0.3) is 0 Å². The number of rotatable bonds is 5. The third-order valence-electron chi connectivity index (χ3n) is 6.66. The van der Waals surface area contributed by atoms with Gasteiger partial charge in [-0.05, 0) is 18.1 Å². The Morgan fingerprint density at radius 1 is 0.968 bits per heavy atom. The lowest BCUT2D eigenvalue weighted by molar-refractivity contribution is 0.0589. The molecule has 2 aliphatic rings. The van der Waals surface area contributed by atoms with Crippen molar-refractivity contribution in [2.75, 3.05) is 37.7 Å². The SMILES string of the molecule is O=C(c1c[nH]c2ccccc12)[C@H](c1ccccc1)N1CCN([C@H]2CCS(=O)(=O)C2)CC1. The highest BCUT2D eigenvalue weighted by molar-refractivity contribution is 7.91. The number of hydrogen-bond donors (Lipinski definition) is 1. The fourth-order valence-corrected chi connectivity index (χ4v) is 6.77. The molecule has 0 unspecified atom stereocenters. The van der Waals surface area contributed by atoms with Crippen molar-refractivity contribution in [3.05, 3.63) is 71.9 Å². The Bertz CT molecular complexity index is 1180. The lowest BCUT2D eigenvalue weighted by Gasteiger charge is -2.40. The van der Waals surface area contributed by atoms with Crippen LogP contribution in [0.2, 0.25) is 0 Å². The topological polar surface area (TPSA) is 73.5 Å². The first kappa shape index (κ1) is 20.4. The van der Waals surface area contributed by atoms with E-state index in [4.69, 9.17) is 0 Å². The van der Waals surface area contributed by atoms with Gasteiger partial charge in [-0.25, -0.2) is 8.42 Å². The van der Waals surface area contributed by atoms with Crippen LogP contribution in [0.15, 0.2) is 60.8 Å². The van der Waals surface area contributed by atoms with E-state index in [9.17, 15) is 13.2 Å². The molecule has 0 saturated carbocycles. The molecule has 2 aliphatic heterocycles. The zero-order chi connectivity index (χ0) is 21.4. The molecule has 2 atom stereocenters. The van der Waals surface area contributed by atoms with E-state index in [0.29, 0.717) is 11.3 Å². The number of sulfone groups is 1. The second kappa shape index (κ2) is 8.22. The number of carbonyl (C=O) groups excluding carboxylic acids is 1. The summed E-state index contributed by atoms with van der Waals surface area (Å²) in [4.78, 5) is 21.6. The molecule has 1 aromatic heterocycles. The quantitative estimate of drug-likeness (QED) is 0.622. The first-order valence-electron chi connectivity index (χ1n) is 10.9. The minimum absolute atomic E-state index is 0.0977. The molecule has 1 N–H and O–H groups in total. The molecule has 5 rings (SSSR count). The molecule has 2 saturated heterocycles. The number of ketones is 1. The Labute approximate surface area is 182 Å². The standard InChI is InChI=1S/C24H27N3O3S/c28-24(21-16-25-22-9-5-4-8-20(21)22)23(18-6-2-1-3-7-18)27-13-11-26(12-14-27)19-10-15-31(29,30)17-19/h1-9,16,19,23,25H,10-15,17H2/t19-,23-/m0/s1. The van der Waals surface area contributed by atoms with Crippen molar-refractivity contribution >= 4 is 26.5 Å². The number of fused-ring (bicyclic) bond motifs is 1. The number of carbonyl (C=O) groups is 1. The van der Waals surface area contributed by atoms with Crippen LogP contribution >= 0.6 is 0 Å². The fraction of sp³-hybridized carbons (Fsp3) is 0.375. The minimum Gasteiger partial charge on any atom is -0.360 e. The van der Waals surface area contributed by atoms with Crippen LogP contribution < -0.4 is 0 Å². The van der Waals surface area contributed by atoms with Crippen molar-refractivity contribution in [1.82, 2.24) is 14.8 Å². The number of Topliss-reactive ketones (excluding diaryl/α,β-unsaturated/α-hetero) is 1. The van der Waals surface area contributed by atoms with E-state index in [0.717, 1.165) is 49.1 Å². The van der Waals surface area contributed by atoms with Crippen LogP contribution in [0.5, 0.6) is 0 Å². The molecule has 0 aliphatic carbocycles. The van der Waals surface area contributed by atoms with E-state index in [1.54, 1.807) is 0 Å². The summed E-state index contributed by atoms with van der Waals surface area (Å²) < 4.78 is 23.8. The number of piperazine rings is 1. The minimum atomic E-state index is -2.89. The largest absolute Gasteiger partial charge is 0.360 e. The Kier molecular flexibility index (Phi) is 5.42. The van der Waals surface area contributed by atoms with Gasteiger partial charge >= 0.3 is 0 Å². The van der Waals surface area contributed by atoms with E-state index in [-0.39, 0.29) is 23.6 Å². The smallest absolute Gasteiger partial charge is 0.186 e. The maximum Gasteiger partial charge on any atom is 0.186 e. The highest BCUT2D eigenvalue weighted by Gasteiger charge is 2.37. The molecule has 162 valence electrons. The van der Waals surface area contributed by atoms with Crippen LogP contribution in [0.1, 0.15) is 28.4 Å². The predicted molar refractivity (Wildman–Crippen MR) is 122 cm³/mol. The van der Waals surface area contributed by atoms with Crippen molar-refractivity contribution in [3.63, 3.8) is 0 Å². The van der Waals surface area contributed by atoms with E-state index < -0.39 is 9.84 Å². The van der Waals surface area contributed by atoms with Gasteiger partial charge in [0.1, 0.15) is 0 Å². The van der Waals surface area contributed by atoms with E-state index >= 15 is 0 Å².